The Kier molecular flexibility index (Phi) is 5.10. The Hall–Kier alpha value is -1.60. The number of sulfonamides is 1. The molecular weight excluding hydrogens is 342 g/mol. The molecule has 2 aromatic rings. The van der Waals surface area contributed by atoms with E-state index in [0.29, 0.717) is 16.1 Å². The van der Waals surface area contributed by atoms with Gasteiger partial charge in [-0.15, -0.1) is 11.3 Å². The summed E-state index contributed by atoms with van der Waals surface area (Å²) in [4.78, 5) is 7.67. The summed E-state index contributed by atoms with van der Waals surface area (Å²) in [6.07, 6.45) is 6.57. The van der Waals surface area contributed by atoms with E-state index in [0.717, 1.165) is 23.5 Å². The molecule has 1 aliphatic rings. The molecule has 1 fully saturated rings. The van der Waals surface area contributed by atoms with Crippen molar-refractivity contribution in [3.63, 3.8) is 0 Å². The van der Waals surface area contributed by atoms with Gasteiger partial charge in [0, 0.05) is 17.5 Å². The number of thiophene rings is 1. The number of anilines is 2. The zero-order chi connectivity index (χ0) is 17.2. The highest BCUT2D eigenvalue weighted by atomic mass is 32.2. The van der Waals surface area contributed by atoms with Gasteiger partial charge >= 0.3 is 0 Å². The molecule has 1 unspecified atom stereocenters. The van der Waals surface area contributed by atoms with Crippen LogP contribution in [0.25, 0.3) is 0 Å². The van der Waals surface area contributed by atoms with Crippen LogP contribution in [0.5, 0.6) is 0 Å². The molecule has 5 nitrogen and oxygen atoms in total. The maximum atomic E-state index is 12.3. The molecule has 1 aliphatic heterocycles. The Balaban J connectivity index is 1.75. The van der Waals surface area contributed by atoms with Crippen LogP contribution in [0.1, 0.15) is 37.5 Å². The molecule has 3 rings (SSSR count). The Bertz CT molecular complexity index is 784. The second kappa shape index (κ2) is 7.11. The van der Waals surface area contributed by atoms with Gasteiger partial charge in [0.25, 0.3) is 10.0 Å². The van der Waals surface area contributed by atoms with Crippen LogP contribution in [0.2, 0.25) is 0 Å². The Morgan fingerprint density at radius 1 is 1.29 bits per heavy atom. The van der Waals surface area contributed by atoms with Crippen LogP contribution in [0, 0.1) is 6.92 Å². The Morgan fingerprint density at radius 2 is 2.12 bits per heavy atom. The van der Waals surface area contributed by atoms with Crippen molar-refractivity contribution in [1.29, 1.82) is 0 Å². The average Bonchev–Trinajstić information content (AvgIpc) is 3.03. The molecule has 0 spiro atoms. The molecular formula is C17H23N3O2S2. The van der Waals surface area contributed by atoms with Gasteiger partial charge in [-0.25, -0.2) is 13.4 Å². The minimum Gasteiger partial charge on any atom is -0.367 e. The third-order valence-electron chi connectivity index (χ3n) is 4.40. The summed E-state index contributed by atoms with van der Waals surface area (Å²) in [5, 5.41) is 0. The maximum absolute atomic E-state index is 12.3. The summed E-state index contributed by atoms with van der Waals surface area (Å²) in [6.45, 7) is 5.14. The summed E-state index contributed by atoms with van der Waals surface area (Å²) in [5.41, 5.74) is 1.07. The maximum Gasteiger partial charge on any atom is 0.272 e. The summed E-state index contributed by atoms with van der Waals surface area (Å²) in [6, 6.07) is 7.68. The molecule has 7 heteroatoms. The van der Waals surface area contributed by atoms with E-state index in [2.05, 4.69) is 21.5 Å². The predicted molar refractivity (Wildman–Crippen MR) is 99.4 cm³/mol. The highest BCUT2D eigenvalue weighted by Crippen LogP contribution is 2.27. The molecule has 0 aromatic carbocycles. The highest BCUT2D eigenvalue weighted by molar-refractivity contribution is 7.94. The Labute approximate surface area is 147 Å². The third kappa shape index (κ3) is 3.72. The van der Waals surface area contributed by atoms with Gasteiger partial charge in [0.1, 0.15) is 10.0 Å². The van der Waals surface area contributed by atoms with Crippen molar-refractivity contribution < 1.29 is 8.42 Å². The normalized spacial score (nSPS) is 18.6. The topological polar surface area (TPSA) is 62.3 Å². The first-order valence-corrected chi connectivity index (χ1v) is 10.6. The standard InChI is InChI=1S/C17H23N3O2S2/c1-3-14-6-4-5-11-20(14)15-8-9-16(18-12-15)19-24(21,22)17-10-7-13(2)23-17/h7-10,12,14H,3-6,11H2,1-2H3,(H,18,19). The zero-order valence-electron chi connectivity index (χ0n) is 14.0. The van der Waals surface area contributed by atoms with Gasteiger partial charge in [0.05, 0.1) is 11.9 Å². The van der Waals surface area contributed by atoms with Gasteiger partial charge < -0.3 is 4.90 Å². The molecule has 130 valence electrons. The molecule has 3 heterocycles. The second-order valence-corrected chi connectivity index (χ2v) is 9.32. The predicted octanol–water partition coefficient (Wildman–Crippen LogP) is 4.02. The first-order chi connectivity index (χ1) is 11.5. The van der Waals surface area contributed by atoms with E-state index in [1.54, 1.807) is 24.4 Å². The molecule has 0 radical (unpaired) electrons. The van der Waals surface area contributed by atoms with Crippen LogP contribution in [0.4, 0.5) is 11.5 Å². The van der Waals surface area contributed by atoms with E-state index in [-0.39, 0.29) is 0 Å². The van der Waals surface area contributed by atoms with Crippen molar-refractivity contribution in [2.75, 3.05) is 16.2 Å². The molecule has 0 bridgehead atoms. The van der Waals surface area contributed by atoms with Gasteiger partial charge in [0.15, 0.2) is 0 Å². The van der Waals surface area contributed by atoms with Crippen LogP contribution >= 0.6 is 11.3 Å². The number of nitrogens with one attached hydrogen (secondary N) is 1. The number of aromatic nitrogens is 1. The van der Waals surface area contributed by atoms with E-state index in [4.69, 9.17) is 0 Å². The molecule has 0 saturated carbocycles. The number of aryl methyl sites for hydroxylation is 1. The van der Waals surface area contributed by atoms with Crippen LogP contribution in [-0.2, 0) is 10.0 Å². The van der Waals surface area contributed by atoms with Crippen LogP contribution in [0.15, 0.2) is 34.7 Å². The largest absolute Gasteiger partial charge is 0.367 e. The van der Waals surface area contributed by atoms with Gasteiger partial charge in [-0.05, 0) is 56.9 Å². The summed E-state index contributed by atoms with van der Waals surface area (Å²) in [7, 11) is -3.55. The van der Waals surface area contributed by atoms with Crippen molar-refractivity contribution in [1.82, 2.24) is 4.98 Å². The van der Waals surface area contributed by atoms with Crippen LogP contribution < -0.4 is 9.62 Å². The third-order valence-corrected chi connectivity index (χ3v) is 7.24. The number of nitrogens with zero attached hydrogens (tertiary/aromatic N) is 2. The van der Waals surface area contributed by atoms with Crippen LogP contribution in [0.3, 0.4) is 0 Å². The molecule has 1 atom stereocenters. The van der Waals surface area contributed by atoms with Gasteiger partial charge in [-0.2, -0.15) is 0 Å². The quantitative estimate of drug-likeness (QED) is 0.869. The average molecular weight is 366 g/mol. The number of pyridine rings is 1. The zero-order valence-corrected chi connectivity index (χ0v) is 15.7. The van der Waals surface area contributed by atoms with Crippen molar-refractivity contribution in [2.24, 2.45) is 0 Å². The molecule has 1 saturated heterocycles. The molecule has 2 aromatic heterocycles. The fourth-order valence-corrected chi connectivity index (χ4v) is 5.42. The lowest BCUT2D eigenvalue weighted by Gasteiger charge is -2.37. The van der Waals surface area contributed by atoms with Gasteiger partial charge in [0.2, 0.25) is 0 Å². The second-order valence-electron chi connectivity index (χ2n) is 6.12. The summed E-state index contributed by atoms with van der Waals surface area (Å²) < 4.78 is 27.6. The lowest BCUT2D eigenvalue weighted by molar-refractivity contribution is 0.449. The monoisotopic (exact) mass is 365 g/mol. The fourth-order valence-electron chi connectivity index (χ4n) is 3.13. The minimum atomic E-state index is -3.55. The number of rotatable bonds is 5. The Morgan fingerprint density at radius 3 is 2.75 bits per heavy atom. The number of piperidine rings is 1. The van der Waals surface area contributed by atoms with E-state index in [1.165, 1.54) is 30.6 Å². The van der Waals surface area contributed by atoms with Crippen molar-refractivity contribution in [3.8, 4) is 0 Å². The highest BCUT2D eigenvalue weighted by Gasteiger charge is 2.22. The molecule has 0 amide bonds. The molecule has 24 heavy (non-hydrogen) atoms. The van der Waals surface area contributed by atoms with E-state index in [1.807, 2.05) is 13.0 Å². The van der Waals surface area contributed by atoms with Crippen molar-refractivity contribution in [2.45, 2.75) is 49.8 Å². The summed E-state index contributed by atoms with van der Waals surface area (Å²) >= 11 is 1.26. The molecule has 1 N–H and O–H groups in total. The fraction of sp³-hybridized carbons (Fsp3) is 0.471. The first kappa shape index (κ1) is 17.2. The lowest BCUT2D eigenvalue weighted by Crippen LogP contribution is -2.39. The number of hydrogen-bond acceptors (Lipinski definition) is 5. The van der Waals surface area contributed by atoms with E-state index in [9.17, 15) is 8.42 Å². The van der Waals surface area contributed by atoms with E-state index >= 15 is 0 Å². The molecule has 0 aliphatic carbocycles. The first-order valence-electron chi connectivity index (χ1n) is 8.31. The lowest BCUT2D eigenvalue weighted by atomic mass is 9.99. The van der Waals surface area contributed by atoms with E-state index < -0.39 is 10.0 Å². The van der Waals surface area contributed by atoms with Crippen molar-refractivity contribution in [3.05, 3.63) is 35.3 Å². The SMILES string of the molecule is CCC1CCCCN1c1ccc(NS(=O)(=O)c2ccc(C)s2)nc1. The van der Waals surface area contributed by atoms with Crippen molar-refractivity contribution >= 4 is 32.9 Å². The van der Waals surface area contributed by atoms with Gasteiger partial charge in [-0.1, -0.05) is 6.92 Å². The smallest absolute Gasteiger partial charge is 0.272 e. The summed E-state index contributed by atoms with van der Waals surface area (Å²) in [5.74, 6) is 0.356. The number of hydrogen-bond donors (Lipinski definition) is 1. The van der Waals surface area contributed by atoms with Gasteiger partial charge in [-0.3, -0.25) is 4.72 Å². The minimum absolute atomic E-state index is 0.313. The van der Waals surface area contributed by atoms with Crippen LogP contribution in [-0.4, -0.2) is 26.0 Å².